The van der Waals surface area contributed by atoms with Gasteiger partial charge in [-0.05, 0) is 32.1 Å². The van der Waals surface area contributed by atoms with E-state index in [1.54, 1.807) is 0 Å². The molecule has 42 heavy (non-hydrogen) atoms. The molecule has 0 radical (unpaired) electrons. The molecular weight excluding hydrogens is 544 g/mol. The fourth-order valence-electron chi connectivity index (χ4n) is 4.93. The molecule has 4 atom stereocenters. The summed E-state index contributed by atoms with van der Waals surface area (Å²) in [6, 6.07) is 0. The van der Waals surface area contributed by atoms with Gasteiger partial charge in [0, 0.05) is 6.42 Å². The topological polar surface area (TPSA) is 133 Å². The van der Waals surface area contributed by atoms with Gasteiger partial charge >= 0.3 is 5.97 Å². The van der Waals surface area contributed by atoms with E-state index in [4.69, 9.17) is 33.5 Å². The highest BCUT2D eigenvalue weighted by Crippen LogP contribution is 2.25. The molecule has 1 aliphatic rings. The smallest absolute Gasteiger partial charge is 0.305 e. The average molecular weight is 605 g/mol. The SMILES string of the molecule is CCCCCCCCC=CCCCCCCCC(=O)OCCOCC(OCCO)C1OCC(OCCO)C1OCCO. The number of carbonyl (C=O) groups is 1. The highest BCUT2D eigenvalue weighted by Gasteiger charge is 2.44. The highest BCUT2D eigenvalue weighted by molar-refractivity contribution is 5.69. The largest absolute Gasteiger partial charge is 0.463 e. The van der Waals surface area contributed by atoms with Crippen LogP contribution in [0.2, 0.25) is 0 Å². The Bertz CT molecular complexity index is 632. The van der Waals surface area contributed by atoms with Crippen molar-refractivity contribution in [1.29, 1.82) is 0 Å². The van der Waals surface area contributed by atoms with E-state index in [1.807, 2.05) is 0 Å². The van der Waals surface area contributed by atoms with E-state index < -0.39 is 24.4 Å². The van der Waals surface area contributed by atoms with Gasteiger partial charge in [0.05, 0.1) is 59.5 Å². The molecule has 0 amide bonds. The van der Waals surface area contributed by atoms with Crippen LogP contribution in [-0.4, -0.2) is 112 Å². The zero-order valence-corrected chi connectivity index (χ0v) is 26.1. The number of allylic oxidation sites excluding steroid dienone is 2. The van der Waals surface area contributed by atoms with Gasteiger partial charge in [-0.25, -0.2) is 0 Å². The van der Waals surface area contributed by atoms with Crippen molar-refractivity contribution in [2.24, 2.45) is 0 Å². The molecule has 0 aromatic rings. The second-order valence-corrected chi connectivity index (χ2v) is 10.8. The third kappa shape index (κ3) is 20.0. The van der Waals surface area contributed by atoms with Crippen molar-refractivity contribution >= 4 is 5.97 Å². The summed E-state index contributed by atoms with van der Waals surface area (Å²) in [4.78, 5) is 12.1. The summed E-state index contributed by atoms with van der Waals surface area (Å²) in [6.07, 6.45) is 18.8. The van der Waals surface area contributed by atoms with Crippen molar-refractivity contribution in [2.45, 2.75) is 121 Å². The molecule has 3 N–H and O–H groups in total. The summed E-state index contributed by atoms with van der Waals surface area (Å²) in [5, 5.41) is 27.5. The number of rotatable bonds is 30. The van der Waals surface area contributed by atoms with Crippen LogP contribution >= 0.6 is 0 Å². The van der Waals surface area contributed by atoms with Gasteiger partial charge in [-0.2, -0.15) is 0 Å². The van der Waals surface area contributed by atoms with E-state index in [9.17, 15) is 15.0 Å². The van der Waals surface area contributed by atoms with Crippen LogP contribution in [-0.2, 0) is 33.2 Å². The van der Waals surface area contributed by atoms with Crippen molar-refractivity contribution in [3.63, 3.8) is 0 Å². The zero-order chi connectivity index (χ0) is 30.5. The van der Waals surface area contributed by atoms with Crippen LogP contribution in [0.15, 0.2) is 12.2 Å². The third-order valence-corrected chi connectivity index (χ3v) is 7.17. The first kappa shape index (κ1) is 38.9. The standard InChI is InChI=1S/C32H60O10/c1-2-3-4-5-6-7-8-9-10-11-12-13-14-15-16-17-30(36)40-25-24-37-26-28(38-21-18-33)32-31(41-23-20-35)29(27-42-32)39-22-19-34/h9-10,28-29,31-35H,2-8,11-27H2,1H3. The monoisotopic (exact) mass is 604 g/mol. The van der Waals surface area contributed by atoms with E-state index >= 15 is 0 Å². The number of hydrogen-bond acceptors (Lipinski definition) is 10. The molecule has 0 aromatic carbocycles. The normalized spacial score (nSPS) is 19.6. The summed E-state index contributed by atoms with van der Waals surface area (Å²) in [5.41, 5.74) is 0. The Labute approximate surface area is 254 Å². The third-order valence-electron chi connectivity index (χ3n) is 7.17. The van der Waals surface area contributed by atoms with Gasteiger partial charge < -0.3 is 43.7 Å². The molecule has 0 bridgehead atoms. The molecule has 0 aromatic heterocycles. The predicted molar refractivity (Wildman–Crippen MR) is 161 cm³/mol. The summed E-state index contributed by atoms with van der Waals surface area (Å²) in [7, 11) is 0. The van der Waals surface area contributed by atoms with Crippen LogP contribution in [0.4, 0.5) is 0 Å². The molecule has 1 saturated heterocycles. The van der Waals surface area contributed by atoms with Crippen LogP contribution < -0.4 is 0 Å². The van der Waals surface area contributed by atoms with Gasteiger partial charge in [-0.15, -0.1) is 0 Å². The molecule has 1 rings (SSSR count). The molecule has 4 unspecified atom stereocenters. The Morgan fingerprint density at radius 3 is 2.07 bits per heavy atom. The fraction of sp³-hybridized carbons (Fsp3) is 0.906. The van der Waals surface area contributed by atoms with Crippen LogP contribution in [0.5, 0.6) is 0 Å². The van der Waals surface area contributed by atoms with Crippen molar-refractivity contribution in [3.8, 4) is 0 Å². The van der Waals surface area contributed by atoms with Gasteiger partial charge in [0.2, 0.25) is 0 Å². The van der Waals surface area contributed by atoms with Gasteiger partial charge in [-0.1, -0.05) is 70.4 Å². The predicted octanol–water partition coefficient (Wildman–Crippen LogP) is 4.12. The molecule has 0 aliphatic carbocycles. The van der Waals surface area contributed by atoms with E-state index in [2.05, 4.69) is 19.1 Å². The number of unbranched alkanes of at least 4 members (excludes halogenated alkanes) is 11. The lowest BCUT2D eigenvalue weighted by Crippen LogP contribution is -2.45. The van der Waals surface area contributed by atoms with E-state index in [-0.39, 0.29) is 72.0 Å². The van der Waals surface area contributed by atoms with Gasteiger partial charge in [0.1, 0.15) is 31.0 Å². The second-order valence-electron chi connectivity index (χ2n) is 10.8. The summed E-state index contributed by atoms with van der Waals surface area (Å²) in [5.74, 6) is -0.218. The minimum absolute atomic E-state index is 0.0910. The first-order chi connectivity index (χ1) is 20.7. The van der Waals surface area contributed by atoms with E-state index in [0.29, 0.717) is 6.42 Å². The molecule has 0 spiro atoms. The highest BCUT2D eigenvalue weighted by atomic mass is 16.6. The second kappa shape index (κ2) is 28.6. The number of aliphatic hydroxyl groups is 3. The number of esters is 1. The van der Waals surface area contributed by atoms with Crippen LogP contribution in [0.25, 0.3) is 0 Å². The number of aliphatic hydroxyl groups excluding tert-OH is 3. The summed E-state index contributed by atoms with van der Waals surface area (Å²) >= 11 is 0. The maximum absolute atomic E-state index is 12.1. The number of hydrogen-bond donors (Lipinski definition) is 3. The molecule has 10 nitrogen and oxygen atoms in total. The Morgan fingerprint density at radius 2 is 1.40 bits per heavy atom. The lowest BCUT2D eigenvalue weighted by Gasteiger charge is -2.29. The minimum atomic E-state index is -0.560. The Balaban J connectivity index is 2.13. The van der Waals surface area contributed by atoms with E-state index in [0.717, 1.165) is 25.7 Å². The number of carbonyl (C=O) groups excluding carboxylic acids is 1. The Hall–Kier alpha value is -1.11. The Morgan fingerprint density at radius 1 is 0.786 bits per heavy atom. The summed E-state index contributed by atoms with van der Waals surface area (Å²) < 4.78 is 34.0. The lowest BCUT2D eigenvalue weighted by atomic mass is 10.1. The van der Waals surface area contributed by atoms with E-state index in [1.165, 1.54) is 57.8 Å². The van der Waals surface area contributed by atoms with Gasteiger partial charge in [-0.3, -0.25) is 4.79 Å². The molecule has 0 saturated carbocycles. The van der Waals surface area contributed by atoms with Crippen molar-refractivity contribution in [3.05, 3.63) is 12.2 Å². The molecule has 248 valence electrons. The quantitative estimate of drug-likeness (QED) is 0.0625. The first-order valence-electron chi connectivity index (χ1n) is 16.3. The van der Waals surface area contributed by atoms with Crippen LogP contribution in [0.1, 0.15) is 96.8 Å². The maximum atomic E-state index is 12.1. The maximum Gasteiger partial charge on any atom is 0.305 e. The van der Waals surface area contributed by atoms with Gasteiger partial charge in [0.25, 0.3) is 0 Å². The number of ether oxygens (including phenoxy) is 6. The van der Waals surface area contributed by atoms with Crippen molar-refractivity contribution in [2.75, 3.05) is 66.1 Å². The lowest BCUT2D eigenvalue weighted by molar-refractivity contribution is -0.149. The molecule has 1 heterocycles. The van der Waals surface area contributed by atoms with Gasteiger partial charge in [0.15, 0.2) is 0 Å². The molecule has 10 heteroatoms. The fourth-order valence-corrected chi connectivity index (χ4v) is 4.93. The zero-order valence-electron chi connectivity index (χ0n) is 26.1. The molecule has 1 aliphatic heterocycles. The average Bonchev–Trinajstić information content (AvgIpc) is 3.40. The Kier molecular flexibility index (Phi) is 26.5. The van der Waals surface area contributed by atoms with Crippen LogP contribution in [0, 0.1) is 0 Å². The summed E-state index contributed by atoms with van der Waals surface area (Å²) in [6.45, 7) is 2.87. The minimum Gasteiger partial charge on any atom is -0.463 e. The van der Waals surface area contributed by atoms with Crippen molar-refractivity contribution in [1.82, 2.24) is 0 Å². The van der Waals surface area contributed by atoms with Crippen LogP contribution in [0.3, 0.4) is 0 Å². The molecular formula is C32H60O10. The first-order valence-corrected chi connectivity index (χ1v) is 16.3. The molecule has 1 fully saturated rings. The van der Waals surface area contributed by atoms with Crippen molar-refractivity contribution < 1.29 is 48.5 Å².